The topological polar surface area (TPSA) is 206 Å². The van der Waals surface area contributed by atoms with Gasteiger partial charge < -0.3 is 72.2 Å². The van der Waals surface area contributed by atoms with Crippen LogP contribution in [0.3, 0.4) is 0 Å². The van der Waals surface area contributed by atoms with Gasteiger partial charge in [-0.15, -0.1) is 0 Å². The molecule has 4 saturated heterocycles. The summed E-state index contributed by atoms with van der Waals surface area (Å²) in [6.07, 6.45) is 0.0872. The second-order valence-corrected chi connectivity index (χ2v) is 22.3. The minimum absolute atomic E-state index is 0.0372. The van der Waals surface area contributed by atoms with E-state index in [4.69, 9.17) is 56.8 Å². The van der Waals surface area contributed by atoms with E-state index in [1.54, 1.807) is 41.1 Å². The van der Waals surface area contributed by atoms with E-state index in [0.717, 1.165) is 19.3 Å². The minimum atomic E-state index is -1.20. The molecule has 8 rings (SSSR count). The van der Waals surface area contributed by atoms with Crippen LogP contribution < -0.4 is 0 Å². The van der Waals surface area contributed by atoms with Crippen LogP contribution in [0.2, 0.25) is 0 Å². The predicted octanol–water partition coefficient (Wildman–Crippen LogP) is 5.60. The maximum atomic E-state index is 13.3. The average molecular weight is 993 g/mol. The molecule has 4 aliphatic heterocycles. The van der Waals surface area contributed by atoms with E-state index in [2.05, 4.69) is 13.0 Å². The maximum Gasteiger partial charge on any atom is 0.333 e. The van der Waals surface area contributed by atoms with Crippen molar-refractivity contribution in [2.45, 2.75) is 249 Å². The first kappa shape index (κ1) is 54.3. The summed E-state index contributed by atoms with van der Waals surface area (Å²) < 4.78 is 75.4. The van der Waals surface area contributed by atoms with Crippen molar-refractivity contribution in [2.75, 3.05) is 21.3 Å². The number of ether oxygens (including phenoxy) is 12. The van der Waals surface area contributed by atoms with Crippen molar-refractivity contribution < 1.29 is 81.8 Å². The van der Waals surface area contributed by atoms with E-state index in [1.807, 2.05) is 34.6 Å². The number of fused-ring (bicyclic) bond motifs is 5. The van der Waals surface area contributed by atoms with Crippen LogP contribution in [0.25, 0.3) is 0 Å². The van der Waals surface area contributed by atoms with Crippen molar-refractivity contribution in [3.63, 3.8) is 0 Å². The molecular weight excluding hydrogens is 909 g/mol. The molecular formula is C53H84O17. The van der Waals surface area contributed by atoms with Crippen LogP contribution in [0.1, 0.15) is 133 Å². The lowest BCUT2D eigenvalue weighted by molar-refractivity contribution is -0.363. The summed E-state index contributed by atoms with van der Waals surface area (Å²) in [4.78, 5) is 26.5. The van der Waals surface area contributed by atoms with Gasteiger partial charge in [0.1, 0.15) is 42.4 Å². The zero-order chi connectivity index (χ0) is 50.6. The Morgan fingerprint density at radius 1 is 0.700 bits per heavy atom. The van der Waals surface area contributed by atoms with Crippen LogP contribution >= 0.6 is 0 Å². The fraction of sp³-hybridized carbons (Fsp3) is 0.887. The SMILES string of the molecule is C/C=C(\C)C(=O)O[C@@H]1CC2C(CC=C3C[C@@H](OC4CC(OC)C(OC5CC(OC)C(OC6OC(C)C(OC7CCC(O)C(C)O7)C(OC)C6O)C(C)O5)C(C)O4)CC[C@@]32C)[C@@]2(O)CC[C@H](C(C)=O)[C@@]12C. The van der Waals surface area contributed by atoms with Crippen LogP contribution in [0.15, 0.2) is 23.3 Å². The Bertz CT molecular complexity index is 1900. The molecule has 7 fully saturated rings. The number of carbonyl (C=O) groups excluding carboxylic acids is 2. The van der Waals surface area contributed by atoms with Gasteiger partial charge in [0, 0.05) is 57.5 Å². The standard InChI is InChI=1S/C53H84O17/c1-13-26(2)49(57)67-40-23-36-35(53(58)21-19-34(27(3)54)52(40,53)9)15-14-32-22-33(18-20-51(32,36)8)66-42-24-38(59-10)45(29(5)63-42)69-43-25-39(60-11)46(30(6)64-43)70-50-44(56)48(61-12)47(31(7)65-50)68-41-17-16-37(55)28(4)62-41/h13-14,28-31,33-48,50,55-56,58H,15-25H2,1-12H3/b26-13+/t28?,29?,30?,31?,33-,34+,35?,36?,37?,38?,39?,40+,41?,42?,43?,44?,45?,46?,47?,48?,50?,51-,52-,53-/m0/s1. The molecule has 0 radical (unpaired) electrons. The molecule has 17 nitrogen and oxygen atoms in total. The van der Waals surface area contributed by atoms with Gasteiger partial charge in [-0.3, -0.25) is 4.79 Å². The first-order valence-electron chi connectivity index (χ1n) is 26.1. The monoisotopic (exact) mass is 993 g/mol. The molecule has 0 bridgehead atoms. The summed E-state index contributed by atoms with van der Waals surface area (Å²) in [6.45, 7) is 16.9. The van der Waals surface area contributed by atoms with Gasteiger partial charge in [-0.1, -0.05) is 31.6 Å². The number of Topliss-reactive ketones (excluding diaryl/α,β-unsaturated/α-hetero) is 1. The molecule has 0 aromatic carbocycles. The van der Waals surface area contributed by atoms with Crippen LogP contribution in [0.5, 0.6) is 0 Å². The average Bonchev–Trinajstić information content (AvgIpc) is 3.62. The highest BCUT2D eigenvalue weighted by Gasteiger charge is 2.71. The number of aliphatic hydroxyl groups is 3. The molecule has 18 unspecified atom stereocenters. The minimum Gasteiger partial charge on any atom is -0.458 e. The zero-order valence-electron chi connectivity index (χ0n) is 43.6. The van der Waals surface area contributed by atoms with E-state index in [9.17, 15) is 24.9 Å². The summed E-state index contributed by atoms with van der Waals surface area (Å²) >= 11 is 0. The third kappa shape index (κ3) is 10.0. The number of hydrogen-bond donors (Lipinski definition) is 3. The van der Waals surface area contributed by atoms with Crippen molar-refractivity contribution in [2.24, 2.45) is 28.6 Å². The molecule has 4 aliphatic carbocycles. The van der Waals surface area contributed by atoms with Crippen molar-refractivity contribution >= 4 is 11.8 Å². The molecule has 398 valence electrons. The lowest BCUT2D eigenvalue weighted by Gasteiger charge is -2.63. The van der Waals surface area contributed by atoms with E-state index >= 15 is 0 Å². The Labute approximate surface area is 414 Å². The highest BCUT2D eigenvalue weighted by atomic mass is 16.8. The normalized spacial score (nSPS) is 49.8. The van der Waals surface area contributed by atoms with Gasteiger partial charge >= 0.3 is 5.97 Å². The quantitative estimate of drug-likeness (QED) is 0.110. The predicted molar refractivity (Wildman–Crippen MR) is 252 cm³/mol. The van der Waals surface area contributed by atoms with E-state index in [-0.39, 0.29) is 47.3 Å². The maximum absolute atomic E-state index is 13.3. The number of esters is 1. The Balaban J connectivity index is 0.866. The van der Waals surface area contributed by atoms with Crippen LogP contribution in [0.4, 0.5) is 0 Å². The number of rotatable bonds is 14. The first-order valence-corrected chi connectivity index (χ1v) is 26.1. The second-order valence-electron chi connectivity index (χ2n) is 22.3. The van der Waals surface area contributed by atoms with Gasteiger partial charge in [-0.2, -0.15) is 0 Å². The molecule has 3 saturated carbocycles. The molecule has 24 atom stereocenters. The summed E-state index contributed by atoms with van der Waals surface area (Å²) in [5.41, 5.74) is -0.466. The fourth-order valence-corrected chi connectivity index (χ4v) is 14.2. The Kier molecular flexibility index (Phi) is 16.9. The first-order chi connectivity index (χ1) is 33.2. The van der Waals surface area contributed by atoms with Crippen molar-refractivity contribution in [3.8, 4) is 0 Å². The van der Waals surface area contributed by atoms with E-state index < -0.39 is 109 Å². The third-order valence-electron chi connectivity index (χ3n) is 18.5. The van der Waals surface area contributed by atoms with Crippen LogP contribution in [-0.2, 0) is 66.4 Å². The summed E-state index contributed by atoms with van der Waals surface area (Å²) in [6, 6.07) is 0. The number of carbonyl (C=O) groups is 2. The zero-order valence-corrected chi connectivity index (χ0v) is 43.6. The van der Waals surface area contributed by atoms with Gasteiger partial charge in [0.25, 0.3) is 0 Å². The molecule has 4 heterocycles. The number of aliphatic hydroxyl groups excluding tert-OH is 2. The molecule has 0 aromatic heterocycles. The highest BCUT2D eigenvalue weighted by Crippen LogP contribution is 2.68. The van der Waals surface area contributed by atoms with Gasteiger partial charge in [-0.05, 0) is 117 Å². The Morgan fingerprint density at radius 2 is 1.31 bits per heavy atom. The highest BCUT2D eigenvalue weighted by molar-refractivity contribution is 5.88. The number of hydrogen-bond acceptors (Lipinski definition) is 17. The Morgan fingerprint density at radius 3 is 1.93 bits per heavy atom. The molecule has 0 aromatic rings. The summed E-state index contributed by atoms with van der Waals surface area (Å²) in [5, 5.41) is 34.5. The lowest BCUT2D eigenvalue weighted by atomic mass is 9.45. The van der Waals surface area contributed by atoms with Crippen LogP contribution in [0, 0.1) is 28.6 Å². The number of allylic oxidation sites excluding steroid dienone is 2. The Hall–Kier alpha value is -1.94. The largest absolute Gasteiger partial charge is 0.458 e. The molecule has 0 spiro atoms. The second kappa shape index (κ2) is 21.7. The van der Waals surface area contributed by atoms with Gasteiger partial charge in [0.15, 0.2) is 25.2 Å². The van der Waals surface area contributed by atoms with Crippen molar-refractivity contribution in [1.29, 1.82) is 0 Å². The summed E-state index contributed by atoms with van der Waals surface area (Å²) in [5.74, 6) is -0.749. The number of methoxy groups -OCH3 is 3. The van der Waals surface area contributed by atoms with Gasteiger partial charge in [0.2, 0.25) is 0 Å². The van der Waals surface area contributed by atoms with Crippen molar-refractivity contribution in [1.82, 2.24) is 0 Å². The summed E-state index contributed by atoms with van der Waals surface area (Å²) in [7, 11) is 4.79. The number of ketones is 1. The molecule has 0 amide bonds. The van der Waals surface area contributed by atoms with Crippen LogP contribution in [-0.4, -0.2) is 165 Å². The molecule has 17 heteroatoms. The third-order valence-corrected chi connectivity index (χ3v) is 18.5. The van der Waals surface area contributed by atoms with E-state index in [0.29, 0.717) is 56.9 Å². The fourth-order valence-electron chi connectivity index (χ4n) is 14.2. The van der Waals surface area contributed by atoms with Gasteiger partial charge in [-0.25, -0.2) is 4.79 Å². The molecule has 8 aliphatic rings. The lowest BCUT2D eigenvalue weighted by Crippen LogP contribution is -2.66. The van der Waals surface area contributed by atoms with E-state index in [1.165, 1.54) is 12.7 Å². The van der Waals surface area contributed by atoms with Crippen molar-refractivity contribution in [3.05, 3.63) is 23.3 Å². The molecule has 3 N–H and O–H groups in total. The van der Waals surface area contributed by atoms with Gasteiger partial charge in [0.05, 0.1) is 54.4 Å². The smallest absolute Gasteiger partial charge is 0.333 e. The molecule has 70 heavy (non-hydrogen) atoms.